The van der Waals surface area contributed by atoms with Gasteiger partial charge in [-0.25, -0.2) is 9.44 Å². The third-order valence-corrected chi connectivity index (χ3v) is 3.58. The van der Waals surface area contributed by atoms with Crippen LogP contribution in [0.4, 0.5) is 0 Å². The zero-order chi connectivity index (χ0) is 12.6. The van der Waals surface area contributed by atoms with Crippen LogP contribution in [0, 0.1) is 5.92 Å². The van der Waals surface area contributed by atoms with E-state index in [1.807, 2.05) is 6.92 Å². The molecule has 0 spiro atoms. The number of aliphatic carboxylic acids is 1. The van der Waals surface area contributed by atoms with Crippen molar-refractivity contribution in [2.24, 2.45) is 5.92 Å². The zero-order valence-electron chi connectivity index (χ0n) is 9.69. The molecule has 1 atom stereocenters. The SMILES string of the molecule is CCC(CCNS(=O)(=O)NC)CCC(=O)O. The molecule has 0 aromatic heterocycles. The molecule has 0 fully saturated rings. The second-order valence-corrected chi connectivity index (χ2v) is 5.30. The van der Waals surface area contributed by atoms with E-state index >= 15 is 0 Å². The predicted molar refractivity (Wildman–Crippen MR) is 61.3 cm³/mol. The number of carboxylic acid groups (broad SMARTS) is 1. The molecule has 1 unspecified atom stereocenters. The average Bonchev–Trinajstić information content (AvgIpc) is 2.22. The van der Waals surface area contributed by atoms with Crippen molar-refractivity contribution in [3.63, 3.8) is 0 Å². The first kappa shape index (κ1) is 15.3. The summed E-state index contributed by atoms with van der Waals surface area (Å²) in [4.78, 5) is 10.4. The topological polar surface area (TPSA) is 95.5 Å². The van der Waals surface area contributed by atoms with Crippen molar-refractivity contribution in [2.45, 2.75) is 32.6 Å². The van der Waals surface area contributed by atoms with Crippen LogP contribution in [0.5, 0.6) is 0 Å². The highest BCUT2D eigenvalue weighted by atomic mass is 32.2. The lowest BCUT2D eigenvalue weighted by atomic mass is 9.97. The van der Waals surface area contributed by atoms with E-state index in [2.05, 4.69) is 9.44 Å². The number of rotatable bonds is 9. The molecular weight excluding hydrogens is 232 g/mol. The maximum absolute atomic E-state index is 11.0. The Morgan fingerprint density at radius 1 is 1.38 bits per heavy atom. The molecule has 0 heterocycles. The van der Waals surface area contributed by atoms with E-state index in [0.29, 0.717) is 19.4 Å². The molecule has 0 amide bonds. The summed E-state index contributed by atoms with van der Waals surface area (Å²) in [7, 11) is -2.03. The number of carboxylic acids is 1. The van der Waals surface area contributed by atoms with Gasteiger partial charge in [0, 0.05) is 20.0 Å². The summed E-state index contributed by atoms with van der Waals surface area (Å²) in [5, 5.41) is 8.53. The largest absolute Gasteiger partial charge is 0.481 e. The molecule has 3 N–H and O–H groups in total. The van der Waals surface area contributed by atoms with Crippen molar-refractivity contribution in [1.82, 2.24) is 9.44 Å². The summed E-state index contributed by atoms with van der Waals surface area (Å²) in [6.07, 6.45) is 2.24. The number of carbonyl (C=O) groups is 1. The summed E-state index contributed by atoms with van der Waals surface area (Å²) >= 11 is 0. The standard InChI is InChI=1S/C9H20N2O4S/c1-3-8(4-5-9(12)13)6-7-11-16(14,15)10-2/h8,10-11H,3-7H2,1-2H3,(H,12,13). The minimum atomic E-state index is -3.37. The summed E-state index contributed by atoms with van der Waals surface area (Å²) in [6.45, 7) is 2.31. The lowest BCUT2D eigenvalue weighted by Gasteiger charge is -2.13. The average molecular weight is 252 g/mol. The molecule has 0 radical (unpaired) electrons. The van der Waals surface area contributed by atoms with Crippen molar-refractivity contribution in [1.29, 1.82) is 0 Å². The van der Waals surface area contributed by atoms with Crippen LogP contribution in [0.3, 0.4) is 0 Å². The number of hydrogen-bond acceptors (Lipinski definition) is 3. The number of nitrogens with one attached hydrogen (secondary N) is 2. The van der Waals surface area contributed by atoms with Crippen molar-refractivity contribution in [3.8, 4) is 0 Å². The quantitative estimate of drug-likeness (QED) is 0.550. The third kappa shape index (κ3) is 7.61. The molecule has 96 valence electrons. The van der Waals surface area contributed by atoms with Crippen molar-refractivity contribution < 1.29 is 18.3 Å². The van der Waals surface area contributed by atoms with Crippen LogP contribution < -0.4 is 9.44 Å². The van der Waals surface area contributed by atoms with Gasteiger partial charge >= 0.3 is 5.97 Å². The molecule has 0 bridgehead atoms. The van der Waals surface area contributed by atoms with Crippen molar-refractivity contribution >= 4 is 16.2 Å². The highest BCUT2D eigenvalue weighted by molar-refractivity contribution is 7.87. The van der Waals surface area contributed by atoms with Crippen LogP contribution >= 0.6 is 0 Å². The smallest absolute Gasteiger partial charge is 0.303 e. The van der Waals surface area contributed by atoms with Gasteiger partial charge in [-0.3, -0.25) is 4.79 Å². The fourth-order valence-corrected chi connectivity index (χ4v) is 1.88. The Morgan fingerprint density at radius 2 is 2.00 bits per heavy atom. The van der Waals surface area contributed by atoms with Gasteiger partial charge in [0.1, 0.15) is 0 Å². The second-order valence-electron chi connectivity index (χ2n) is 3.60. The molecule has 0 saturated heterocycles. The van der Waals surface area contributed by atoms with Gasteiger partial charge in [-0.15, -0.1) is 0 Å². The van der Waals surface area contributed by atoms with Crippen LogP contribution in [0.1, 0.15) is 32.6 Å². The van der Waals surface area contributed by atoms with Gasteiger partial charge in [-0.2, -0.15) is 8.42 Å². The van der Waals surface area contributed by atoms with E-state index in [9.17, 15) is 13.2 Å². The van der Waals surface area contributed by atoms with E-state index in [4.69, 9.17) is 5.11 Å². The molecule has 0 saturated carbocycles. The van der Waals surface area contributed by atoms with Gasteiger partial charge in [0.05, 0.1) is 0 Å². The molecule has 0 aliphatic carbocycles. The Balaban J connectivity index is 3.83. The normalized spacial score (nSPS) is 13.6. The highest BCUT2D eigenvalue weighted by Crippen LogP contribution is 2.14. The molecule has 0 aliphatic rings. The van der Waals surface area contributed by atoms with E-state index in [-0.39, 0.29) is 12.3 Å². The van der Waals surface area contributed by atoms with Crippen LogP contribution in [0.15, 0.2) is 0 Å². The molecule has 0 aromatic rings. The van der Waals surface area contributed by atoms with Gasteiger partial charge in [0.25, 0.3) is 10.2 Å². The second kappa shape index (κ2) is 7.59. The predicted octanol–water partition coefficient (Wildman–Crippen LogP) is 0.321. The van der Waals surface area contributed by atoms with E-state index < -0.39 is 16.2 Å². The summed E-state index contributed by atoms with van der Waals surface area (Å²) < 4.78 is 26.6. The van der Waals surface area contributed by atoms with Gasteiger partial charge < -0.3 is 5.11 Å². The van der Waals surface area contributed by atoms with E-state index in [0.717, 1.165) is 6.42 Å². The monoisotopic (exact) mass is 252 g/mol. The molecular formula is C9H20N2O4S. The van der Waals surface area contributed by atoms with Crippen molar-refractivity contribution in [3.05, 3.63) is 0 Å². The fraction of sp³-hybridized carbons (Fsp3) is 0.889. The molecule has 6 nitrogen and oxygen atoms in total. The Bertz CT molecular complexity index is 303. The van der Waals surface area contributed by atoms with Crippen LogP contribution in [0.25, 0.3) is 0 Å². The molecule has 0 aliphatic heterocycles. The molecule has 16 heavy (non-hydrogen) atoms. The summed E-state index contributed by atoms with van der Waals surface area (Å²) in [5.41, 5.74) is 0. The highest BCUT2D eigenvalue weighted by Gasteiger charge is 2.11. The lowest BCUT2D eigenvalue weighted by molar-refractivity contribution is -0.137. The first-order valence-corrected chi connectivity index (χ1v) is 6.79. The third-order valence-electron chi connectivity index (χ3n) is 2.46. The molecule has 0 rings (SSSR count). The fourth-order valence-electron chi connectivity index (χ4n) is 1.35. The van der Waals surface area contributed by atoms with Crippen LogP contribution in [0.2, 0.25) is 0 Å². The maximum Gasteiger partial charge on any atom is 0.303 e. The minimum Gasteiger partial charge on any atom is -0.481 e. The first-order valence-electron chi connectivity index (χ1n) is 5.31. The van der Waals surface area contributed by atoms with Crippen LogP contribution in [-0.2, 0) is 15.0 Å². The number of hydrogen-bond donors (Lipinski definition) is 3. The van der Waals surface area contributed by atoms with Gasteiger partial charge in [0.15, 0.2) is 0 Å². The van der Waals surface area contributed by atoms with Gasteiger partial charge in [-0.05, 0) is 18.8 Å². The minimum absolute atomic E-state index is 0.136. The summed E-state index contributed by atoms with van der Waals surface area (Å²) in [5.74, 6) is -0.565. The summed E-state index contributed by atoms with van der Waals surface area (Å²) in [6, 6.07) is 0. The lowest BCUT2D eigenvalue weighted by Crippen LogP contribution is -2.35. The Morgan fingerprint density at radius 3 is 2.44 bits per heavy atom. The van der Waals surface area contributed by atoms with E-state index in [1.165, 1.54) is 7.05 Å². The first-order chi connectivity index (χ1) is 7.41. The maximum atomic E-state index is 11.0. The molecule has 7 heteroatoms. The van der Waals surface area contributed by atoms with Crippen LogP contribution in [-0.4, -0.2) is 33.1 Å². The van der Waals surface area contributed by atoms with Gasteiger partial charge in [0.2, 0.25) is 0 Å². The van der Waals surface area contributed by atoms with Gasteiger partial charge in [-0.1, -0.05) is 13.3 Å². The van der Waals surface area contributed by atoms with E-state index in [1.54, 1.807) is 0 Å². The Hall–Kier alpha value is -0.660. The van der Waals surface area contributed by atoms with Crippen molar-refractivity contribution in [2.75, 3.05) is 13.6 Å². The molecule has 0 aromatic carbocycles. The zero-order valence-corrected chi connectivity index (χ0v) is 10.5. The Kier molecular flexibility index (Phi) is 7.27. The Labute approximate surface area is 96.6 Å².